The molecule has 0 rings (SSSR count). The van der Waals surface area contributed by atoms with E-state index in [0.29, 0.717) is 6.61 Å². The average Bonchev–Trinajstić information content (AvgIpc) is 2.16. The van der Waals surface area contributed by atoms with Gasteiger partial charge in [0, 0.05) is 6.61 Å². The van der Waals surface area contributed by atoms with E-state index in [2.05, 4.69) is 17.5 Å². The second-order valence-corrected chi connectivity index (χ2v) is 3.29. The van der Waals surface area contributed by atoms with Crippen molar-refractivity contribution in [2.45, 2.75) is 38.5 Å². The van der Waals surface area contributed by atoms with E-state index in [1.807, 2.05) is 7.05 Å². The molecular formula is C11H23NO. The Labute approximate surface area is 82.0 Å². The summed E-state index contributed by atoms with van der Waals surface area (Å²) in [6, 6.07) is 0. The molecule has 0 aromatic heterocycles. The number of nitrogens with one attached hydrogen (secondary N) is 1. The van der Waals surface area contributed by atoms with Crippen LogP contribution in [-0.4, -0.2) is 25.3 Å². The van der Waals surface area contributed by atoms with Gasteiger partial charge in [-0.2, -0.15) is 0 Å². The van der Waals surface area contributed by atoms with Crippen molar-refractivity contribution in [2.75, 3.05) is 20.2 Å². The van der Waals surface area contributed by atoms with Gasteiger partial charge < -0.3 is 10.4 Å². The van der Waals surface area contributed by atoms with E-state index in [9.17, 15) is 0 Å². The van der Waals surface area contributed by atoms with Crippen LogP contribution in [0.4, 0.5) is 0 Å². The van der Waals surface area contributed by atoms with Crippen LogP contribution in [0.1, 0.15) is 38.5 Å². The lowest BCUT2D eigenvalue weighted by Crippen LogP contribution is -2.06. The van der Waals surface area contributed by atoms with Gasteiger partial charge in [-0.1, -0.05) is 12.2 Å². The molecule has 0 aliphatic rings. The van der Waals surface area contributed by atoms with Gasteiger partial charge in [0.05, 0.1) is 0 Å². The topological polar surface area (TPSA) is 32.3 Å². The van der Waals surface area contributed by atoms with Gasteiger partial charge in [0.15, 0.2) is 0 Å². The number of aliphatic hydroxyl groups excluding tert-OH is 1. The largest absolute Gasteiger partial charge is 0.396 e. The van der Waals surface area contributed by atoms with Crippen molar-refractivity contribution < 1.29 is 5.11 Å². The van der Waals surface area contributed by atoms with Crippen molar-refractivity contribution in [1.82, 2.24) is 5.32 Å². The molecule has 0 spiro atoms. The molecule has 0 aromatic rings. The van der Waals surface area contributed by atoms with Crippen molar-refractivity contribution in [3.63, 3.8) is 0 Å². The Morgan fingerprint density at radius 3 is 2.15 bits per heavy atom. The monoisotopic (exact) mass is 185 g/mol. The number of allylic oxidation sites excluding steroid dienone is 2. The van der Waals surface area contributed by atoms with Crippen molar-refractivity contribution in [3.8, 4) is 0 Å². The summed E-state index contributed by atoms with van der Waals surface area (Å²) in [5.74, 6) is 0. The minimum absolute atomic E-state index is 0.329. The van der Waals surface area contributed by atoms with Gasteiger partial charge in [0.2, 0.25) is 0 Å². The minimum atomic E-state index is 0.329. The third-order valence-electron chi connectivity index (χ3n) is 1.99. The SMILES string of the molecule is CNCCCCC=CCCCCO. The molecule has 13 heavy (non-hydrogen) atoms. The third-order valence-corrected chi connectivity index (χ3v) is 1.99. The number of aliphatic hydroxyl groups is 1. The lowest BCUT2D eigenvalue weighted by molar-refractivity contribution is 0.285. The van der Waals surface area contributed by atoms with Gasteiger partial charge in [0.1, 0.15) is 0 Å². The van der Waals surface area contributed by atoms with E-state index in [-0.39, 0.29) is 0 Å². The molecule has 0 amide bonds. The number of rotatable bonds is 9. The van der Waals surface area contributed by atoms with Gasteiger partial charge in [-0.25, -0.2) is 0 Å². The normalized spacial score (nSPS) is 11.2. The van der Waals surface area contributed by atoms with Crippen LogP contribution in [0.15, 0.2) is 12.2 Å². The Morgan fingerprint density at radius 1 is 1.00 bits per heavy atom. The predicted octanol–water partition coefficient (Wildman–Crippen LogP) is 2.09. The summed E-state index contributed by atoms with van der Waals surface area (Å²) in [6.45, 7) is 1.45. The Hall–Kier alpha value is -0.340. The molecule has 78 valence electrons. The van der Waals surface area contributed by atoms with Crippen molar-refractivity contribution >= 4 is 0 Å². The molecule has 0 saturated heterocycles. The summed E-state index contributed by atoms with van der Waals surface area (Å²) in [7, 11) is 1.99. The maximum Gasteiger partial charge on any atom is 0.0431 e. The highest BCUT2D eigenvalue weighted by atomic mass is 16.2. The van der Waals surface area contributed by atoms with Gasteiger partial charge in [-0.3, -0.25) is 0 Å². The van der Waals surface area contributed by atoms with E-state index >= 15 is 0 Å². The van der Waals surface area contributed by atoms with Crippen LogP contribution in [0, 0.1) is 0 Å². The molecule has 0 bridgehead atoms. The van der Waals surface area contributed by atoms with E-state index < -0.39 is 0 Å². The number of hydrogen-bond acceptors (Lipinski definition) is 2. The first-order valence-electron chi connectivity index (χ1n) is 5.32. The fourth-order valence-corrected chi connectivity index (χ4v) is 1.17. The predicted molar refractivity (Wildman–Crippen MR) is 57.9 cm³/mol. The first-order valence-corrected chi connectivity index (χ1v) is 5.32. The van der Waals surface area contributed by atoms with Gasteiger partial charge in [-0.15, -0.1) is 0 Å². The highest BCUT2D eigenvalue weighted by molar-refractivity contribution is 4.81. The Bertz CT molecular complexity index is 113. The van der Waals surface area contributed by atoms with E-state index in [4.69, 9.17) is 5.11 Å². The quantitative estimate of drug-likeness (QED) is 0.426. The Balaban J connectivity index is 2.95. The summed E-state index contributed by atoms with van der Waals surface area (Å²) in [5, 5.41) is 11.7. The van der Waals surface area contributed by atoms with E-state index in [0.717, 1.165) is 25.8 Å². The second kappa shape index (κ2) is 11.7. The van der Waals surface area contributed by atoms with Crippen LogP contribution >= 0.6 is 0 Å². The van der Waals surface area contributed by atoms with E-state index in [1.165, 1.54) is 19.3 Å². The van der Waals surface area contributed by atoms with Crippen molar-refractivity contribution in [1.29, 1.82) is 0 Å². The average molecular weight is 185 g/mol. The van der Waals surface area contributed by atoms with Crippen LogP contribution in [0.3, 0.4) is 0 Å². The summed E-state index contributed by atoms with van der Waals surface area (Å²) in [4.78, 5) is 0. The second-order valence-electron chi connectivity index (χ2n) is 3.29. The van der Waals surface area contributed by atoms with Crippen LogP contribution in [-0.2, 0) is 0 Å². The summed E-state index contributed by atoms with van der Waals surface area (Å²) >= 11 is 0. The Kier molecular flexibility index (Phi) is 11.4. The molecule has 0 aliphatic carbocycles. The fourth-order valence-electron chi connectivity index (χ4n) is 1.17. The molecule has 2 heteroatoms. The lowest BCUT2D eigenvalue weighted by atomic mass is 10.2. The molecule has 0 atom stereocenters. The molecule has 0 saturated carbocycles. The fraction of sp³-hybridized carbons (Fsp3) is 0.818. The number of unbranched alkanes of at least 4 members (excludes halogenated alkanes) is 4. The molecule has 2 nitrogen and oxygen atoms in total. The highest BCUT2D eigenvalue weighted by Crippen LogP contribution is 1.99. The smallest absolute Gasteiger partial charge is 0.0431 e. The third kappa shape index (κ3) is 11.7. The van der Waals surface area contributed by atoms with Crippen LogP contribution < -0.4 is 5.32 Å². The Morgan fingerprint density at radius 2 is 1.62 bits per heavy atom. The van der Waals surface area contributed by atoms with Crippen molar-refractivity contribution in [3.05, 3.63) is 12.2 Å². The molecule has 0 aromatic carbocycles. The molecule has 0 aliphatic heterocycles. The lowest BCUT2D eigenvalue weighted by Gasteiger charge is -1.96. The number of hydrogen-bond donors (Lipinski definition) is 2. The summed E-state index contributed by atoms with van der Waals surface area (Å²) < 4.78 is 0. The molecule has 0 fully saturated rings. The van der Waals surface area contributed by atoms with Crippen LogP contribution in [0.25, 0.3) is 0 Å². The molecule has 2 N–H and O–H groups in total. The van der Waals surface area contributed by atoms with E-state index in [1.54, 1.807) is 0 Å². The van der Waals surface area contributed by atoms with Gasteiger partial charge >= 0.3 is 0 Å². The molecule has 0 heterocycles. The zero-order chi connectivity index (χ0) is 9.78. The highest BCUT2D eigenvalue weighted by Gasteiger charge is 1.84. The minimum Gasteiger partial charge on any atom is -0.396 e. The van der Waals surface area contributed by atoms with Crippen LogP contribution in [0.2, 0.25) is 0 Å². The van der Waals surface area contributed by atoms with Gasteiger partial charge in [-0.05, 0) is 52.1 Å². The maximum atomic E-state index is 8.54. The molecule has 0 radical (unpaired) electrons. The maximum absolute atomic E-state index is 8.54. The van der Waals surface area contributed by atoms with Gasteiger partial charge in [0.25, 0.3) is 0 Å². The zero-order valence-electron chi connectivity index (χ0n) is 8.76. The molecule has 0 unspecified atom stereocenters. The van der Waals surface area contributed by atoms with Crippen LogP contribution in [0.5, 0.6) is 0 Å². The standard InChI is InChI=1S/C11H23NO/c1-12-10-8-6-4-2-3-5-7-9-11-13/h2-3,12-13H,4-11H2,1H3. The molecular weight excluding hydrogens is 162 g/mol. The zero-order valence-corrected chi connectivity index (χ0v) is 8.76. The first kappa shape index (κ1) is 12.7. The van der Waals surface area contributed by atoms with Crippen molar-refractivity contribution in [2.24, 2.45) is 0 Å². The first-order chi connectivity index (χ1) is 6.41. The summed E-state index contributed by atoms with van der Waals surface area (Å²) in [5.41, 5.74) is 0. The summed E-state index contributed by atoms with van der Waals surface area (Å²) in [6.07, 6.45) is 11.4.